The van der Waals surface area contributed by atoms with Gasteiger partial charge in [-0.15, -0.1) is 0 Å². The second-order valence-electron chi connectivity index (χ2n) is 4.45. The average molecular weight is 319 g/mol. The van der Waals surface area contributed by atoms with Crippen LogP contribution in [0.5, 0.6) is 5.75 Å². The van der Waals surface area contributed by atoms with Gasteiger partial charge in [-0.3, -0.25) is 9.59 Å². The number of carbonyl (C=O) groups excluding carboxylic acids is 1. The van der Waals surface area contributed by atoms with Crippen molar-refractivity contribution in [3.63, 3.8) is 0 Å². The summed E-state index contributed by atoms with van der Waals surface area (Å²) in [5.74, 6) is -2.64. The highest BCUT2D eigenvalue weighted by Crippen LogP contribution is 2.19. The summed E-state index contributed by atoms with van der Waals surface area (Å²) in [5.41, 5.74) is 0. The van der Waals surface area contributed by atoms with Gasteiger partial charge >= 0.3 is 18.1 Å². The van der Waals surface area contributed by atoms with Gasteiger partial charge in [0.2, 0.25) is 0 Å². The molecule has 0 unspecified atom stereocenters. The van der Waals surface area contributed by atoms with Crippen molar-refractivity contribution < 1.29 is 32.6 Å². The lowest BCUT2D eigenvalue weighted by molar-refractivity contribution is -0.185. The summed E-state index contributed by atoms with van der Waals surface area (Å²) in [6.45, 7) is -0.672. The summed E-state index contributed by atoms with van der Waals surface area (Å²) in [5, 5.41) is 8.50. The molecule has 0 aliphatic rings. The van der Waals surface area contributed by atoms with Crippen molar-refractivity contribution in [3.8, 4) is 5.75 Å². The second kappa shape index (κ2) is 8.26. The van der Waals surface area contributed by atoms with E-state index >= 15 is 0 Å². The van der Waals surface area contributed by atoms with Gasteiger partial charge in [-0.25, -0.2) is 0 Å². The molecule has 1 aromatic carbocycles. The van der Waals surface area contributed by atoms with Gasteiger partial charge in [0.05, 0.1) is 6.54 Å². The van der Waals surface area contributed by atoms with Crippen LogP contribution in [0.4, 0.5) is 13.2 Å². The third-order valence-corrected chi connectivity index (χ3v) is 2.72. The molecule has 0 bridgehead atoms. The third-order valence-electron chi connectivity index (χ3n) is 2.72. The van der Waals surface area contributed by atoms with Crippen molar-refractivity contribution in [2.45, 2.75) is 19.0 Å². The maximum atomic E-state index is 12.5. The van der Waals surface area contributed by atoms with Crippen molar-refractivity contribution in [1.29, 1.82) is 0 Å². The summed E-state index contributed by atoms with van der Waals surface area (Å²) < 4.78 is 42.7. The van der Waals surface area contributed by atoms with Crippen LogP contribution in [0.25, 0.3) is 0 Å². The molecular weight excluding hydrogens is 303 g/mol. The minimum atomic E-state index is -4.99. The van der Waals surface area contributed by atoms with Crippen molar-refractivity contribution in [1.82, 2.24) is 4.90 Å². The largest absolute Gasteiger partial charge is 0.492 e. The molecule has 0 spiro atoms. The number of carboxylic acid groups (broad SMARTS) is 1. The number of halogens is 3. The molecule has 0 heterocycles. The van der Waals surface area contributed by atoms with E-state index in [1.54, 1.807) is 30.3 Å². The van der Waals surface area contributed by atoms with Gasteiger partial charge in [-0.05, 0) is 18.6 Å². The summed E-state index contributed by atoms with van der Waals surface area (Å²) in [6.07, 6.45) is -5.35. The molecule has 8 heteroatoms. The highest BCUT2D eigenvalue weighted by molar-refractivity contribution is 5.81. The number of alkyl halides is 3. The lowest BCUT2D eigenvalue weighted by Gasteiger charge is -2.23. The molecule has 0 radical (unpaired) electrons. The maximum absolute atomic E-state index is 12.5. The smallest absolute Gasteiger partial charge is 0.471 e. The van der Waals surface area contributed by atoms with Crippen LogP contribution in [-0.2, 0) is 9.59 Å². The number of carbonyl (C=O) groups is 2. The van der Waals surface area contributed by atoms with Crippen LogP contribution in [0.15, 0.2) is 30.3 Å². The van der Waals surface area contributed by atoms with Crippen molar-refractivity contribution >= 4 is 11.9 Å². The Morgan fingerprint density at radius 1 is 1.14 bits per heavy atom. The zero-order valence-corrected chi connectivity index (χ0v) is 11.7. The average Bonchev–Trinajstić information content (AvgIpc) is 2.44. The first-order valence-corrected chi connectivity index (χ1v) is 6.56. The monoisotopic (exact) mass is 319 g/mol. The molecule has 0 atom stereocenters. The lowest BCUT2D eigenvalue weighted by atomic mass is 10.3. The molecular formula is C14H16F3NO4. The molecule has 0 aliphatic heterocycles. The Labute approximate surface area is 125 Å². The third kappa shape index (κ3) is 6.47. The molecule has 5 nitrogen and oxygen atoms in total. The van der Waals surface area contributed by atoms with E-state index in [4.69, 9.17) is 9.84 Å². The number of para-hydroxylation sites is 1. The predicted octanol–water partition coefficient (Wildman–Crippen LogP) is 2.32. The van der Waals surface area contributed by atoms with Crippen molar-refractivity contribution in [2.24, 2.45) is 0 Å². The number of hydrogen-bond acceptors (Lipinski definition) is 3. The first-order chi connectivity index (χ1) is 10.3. The minimum Gasteiger partial charge on any atom is -0.492 e. The van der Waals surface area contributed by atoms with E-state index in [1.165, 1.54) is 0 Å². The number of aliphatic carboxylic acids is 1. The van der Waals surface area contributed by atoms with Crippen LogP contribution in [0.3, 0.4) is 0 Å². The van der Waals surface area contributed by atoms with E-state index in [1.807, 2.05) is 0 Å². The molecule has 0 aromatic heterocycles. The van der Waals surface area contributed by atoms with Crippen LogP contribution < -0.4 is 4.74 Å². The number of nitrogens with zero attached hydrogens (tertiary/aromatic N) is 1. The van der Waals surface area contributed by atoms with Crippen LogP contribution >= 0.6 is 0 Å². The highest BCUT2D eigenvalue weighted by Gasteiger charge is 2.42. The molecule has 1 amide bonds. The number of ether oxygens (including phenoxy) is 1. The lowest BCUT2D eigenvalue weighted by Crippen LogP contribution is -2.43. The Hall–Kier alpha value is -2.25. The first-order valence-electron chi connectivity index (χ1n) is 6.56. The van der Waals surface area contributed by atoms with Gasteiger partial charge in [0.25, 0.3) is 0 Å². The van der Waals surface area contributed by atoms with E-state index in [-0.39, 0.29) is 32.5 Å². The van der Waals surface area contributed by atoms with E-state index in [0.29, 0.717) is 10.6 Å². The number of amides is 1. The summed E-state index contributed by atoms with van der Waals surface area (Å²) in [7, 11) is 0. The minimum absolute atomic E-state index is 0.0531. The van der Waals surface area contributed by atoms with Gasteiger partial charge in [0.1, 0.15) is 12.4 Å². The van der Waals surface area contributed by atoms with Crippen LogP contribution in [0.2, 0.25) is 0 Å². The summed E-state index contributed by atoms with van der Waals surface area (Å²) in [4.78, 5) is 22.2. The molecule has 122 valence electrons. The normalized spacial score (nSPS) is 11.0. The Bertz CT molecular complexity index is 491. The molecule has 22 heavy (non-hydrogen) atoms. The Morgan fingerprint density at radius 3 is 2.32 bits per heavy atom. The number of hydrogen-bond donors (Lipinski definition) is 1. The molecule has 0 saturated carbocycles. The summed E-state index contributed by atoms with van der Waals surface area (Å²) >= 11 is 0. The van der Waals surface area contributed by atoms with E-state index in [0.717, 1.165) is 0 Å². The summed E-state index contributed by atoms with van der Waals surface area (Å²) in [6, 6.07) is 8.46. The van der Waals surface area contributed by atoms with E-state index in [2.05, 4.69) is 0 Å². The number of benzene rings is 1. The fourth-order valence-electron chi connectivity index (χ4n) is 1.71. The van der Waals surface area contributed by atoms with Crippen LogP contribution in [-0.4, -0.2) is 47.8 Å². The zero-order chi connectivity index (χ0) is 16.6. The molecule has 0 aliphatic carbocycles. The van der Waals surface area contributed by atoms with Crippen molar-refractivity contribution in [3.05, 3.63) is 30.3 Å². The van der Waals surface area contributed by atoms with Gasteiger partial charge in [-0.2, -0.15) is 13.2 Å². The zero-order valence-electron chi connectivity index (χ0n) is 11.7. The standard InChI is InChI=1S/C14H16F3NO4/c15-14(16,17)13(21)18(8-4-7-12(19)20)9-10-22-11-5-2-1-3-6-11/h1-3,5-6H,4,7-10H2,(H,19,20). The first kappa shape index (κ1) is 17.8. The SMILES string of the molecule is O=C(O)CCCN(CCOc1ccccc1)C(=O)C(F)(F)F. The van der Waals surface area contributed by atoms with Gasteiger partial charge < -0.3 is 14.7 Å². The fraction of sp³-hybridized carbons (Fsp3) is 0.429. The Balaban J connectivity index is 2.53. The molecule has 1 rings (SSSR count). The Morgan fingerprint density at radius 2 is 1.77 bits per heavy atom. The predicted molar refractivity (Wildman–Crippen MR) is 71.4 cm³/mol. The van der Waals surface area contributed by atoms with E-state index < -0.39 is 18.1 Å². The van der Waals surface area contributed by atoms with Crippen molar-refractivity contribution in [2.75, 3.05) is 19.7 Å². The van der Waals surface area contributed by atoms with Gasteiger partial charge in [-0.1, -0.05) is 18.2 Å². The second-order valence-corrected chi connectivity index (χ2v) is 4.45. The number of carboxylic acids is 1. The molecule has 1 N–H and O–H groups in total. The highest BCUT2D eigenvalue weighted by atomic mass is 19.4. The molecule has 1 aromatic rings. The number of rotatable bonds is 8. The Kier molecular flexibility index (Phi) is 6.68. The van der Waals surface area contributed by atoms with Gasteiger partial charge in [0.15, 0.2) is 0 Å². The maximum Gasteiger partial charge on any atom is 0.471 e. The van der Waals surface area contributed by atoms with Gasteiger partial charge in [0, 0.05) is 13.0 Å². The van der Waals surface area contributed by atoms with Crippen LogP contribution in [0.1, 0.15) is 12.8 Å². The van der Waals surface area contributed by atoms with Crippen LogP contribution in [0, 0.1) is 0 Å². The molecule has 0 saturated heterocycles. The fourth-order valence-corrected chi connectivity index (χ4v) is 1.71. The van der Waals surface area contributed by atoms with E-state index in [9.17, 15) is 22.8 Å². The topological polar surface area (TPSA) is 66.8 Å². The quantitative estimate of drug-likeness (QED) is 0.798. The molecule has 0 fully saturated rings.